The molecule has 4 nitrogen and oxygen atoms in total. The van der Waals surface area contributed by atoms with Crippen LogP contribution in [0.15, 0.2) is 30.5 Å². The van der Waals surface area contributed by atoms with Crippen LogP contribution in [-0.4, -0.2) is 22.2 Å². The van der Waals surface area contributed by atoms with Crippen molar-refractivity contribution in [3.63, 3.8) is 0 Å². The Labute approximate surface area is 123 Å². The van der Waals surface area contributed by atoms with Crippen molar-refractivity contribution in [2.45, 2.75) is 38.7 Å². The number of rotatable bonds is 3. The average Bonchev–Trinajstić information content (AvgIpc) is 2.47. The van der Waals surface area contributed by atoms with Crippen LogP contribution in [0.2, 0.25) is 0 Å². The molecule has 1 fully saturated rings. The molecule has 0 amide bonds. The molecule has 2 unspecified atom stereocenters. The number of pyridine rings is 1. The van der Waals surface area contributed by atoms with Crippen molar-refractivity contribution in [2.24, 2.45) is 5.92 Å². The van der Waals surface area contributed by atoms with Crippen LogP contribution in [-0.2, 0) is 0 Å². The maximum absolute atomic E-state index is 11.3. The molecule has 2 atom stereocenters. The van der Waals surface area contributed by atoms with Gasteiger partial charge in [0, 0.05) is 17.0 Å². The third-order valence-electron chi connectivity index (χ3n) is 4.16. The van der Waals surface area contributed by atoms with Gasteiger partial charge in [0.15, 0.2) is 0 Å². The number of ether oxygens (including phenoxy) is 1. The fourth-order valence-electron chi connectivity index (χ4n) is 3.07. The Hall–Kier alpha value is -2.10. The topological polar surface area (TPSA) is 59.4 Å². The Bertz CT molecular complexity index is 668. The summed E-state index contributed by atoms with van der Waals surface area (Å²) >= 11 is 0. The molecule has 0 aliphatic heterocycles. The minimum Gasteiger partial charge on any atom is -0.478 e. The lowest BCUT2D eigenvalue weighted by Gasteiger charge is -2.27. The van der Waals surface area contributed by atoms with Gasteiger partial charge in [-0.3, -0.25) is 0 Å². The number of aromatic nitrogens is 1. The number of benzene rings is 1. The molecule has 21 heavy (non-hydrogen) atoms. The molecule has 1 aromatic heterocycles. The van der Waals surface area contributed by atoms with Gasteiger partial charge in [-0.2, -0.15) is 0 Å². The Kier molecular flexibility index (Phi) is 3.78. The number of carboxylic acids is 1. The summed E-state index contributed by atoms with van der Waals surface area (Å²) < 4.78 is 6.07. The van der Waals surface area contributed by atoms with Gasteiger partial charge in [0.25, 0.3) is 0 Å². The molecule has 110 valence electrons. The monoisotopic (exact) mass is 285 g/mol. The minimum absolute atomic E-state index is 0.181. The number of carboxylic acid groups (broad SMARTS) is 1. The van der Waals surface area contributed by atoms with Crippen molar-refractivity contribution >= 4 is 16.7 Å². The Morgan fingerprint density at radius 1 is 1.29 bits per heavy atom. The smallest absolute Gasteiger partial charge is 0.337 e. The third-order valence-corrected chi connectivity index (χ3v) is 4.16. The maximum atomic E-state index is 11.3. The van der Waals surface area contributed by atoms with E-state index in [1.165, 1.54) is 19.0 Å². The minimum atomic E-state index is -0.962. The van der Waals surface area contributed by atoms with E-state index in [0.29, 0.717) is 17.2 Å². The summed E-state index contributed by atoms with van der Waals surface area (Å²) in [5.41, 5.74) is 0.218. The molecule has 1 aromatic carbocycles. The molecule has 3 rings (SSSR count). The molecule has 0 spiro atoms. The highest BCUT2D eigenvalue weighted by Crippen LogP contribution is 2.31. The van der Waals surface area contributed by atoms with Gasteiger partial charge in [0.2, 0.25) is 5.88 Å². The standard InChI is InChI=1S/C17H19NO3/c1-11-5-4-6-12(9-11)21-16-14-8-3-2-7-13(14)15(10-18-16)17(19)20/h2-3,7-8,10-12H,4-6,9H2,1H3,(H,19,20). The van der Waals surface area contributed by atoms with E-state index in [1.54, 1.807) is 6.07 Å². The van der Waals surface area contributed by atoms with Crippen LogP contribution in [0.4, 0.5) is 0 Å². The van der Waals surface area contributed by atoms with Gasteiger partial charge in [0.05, 0.1) is 5.56 Å². The summed E-state index contributed by atoms with van der Waals surface area (Å²) in [5, 5.41) is 10.7. The maximum Gasteiger partial charge on any atom is 0.337 e. The number of hydrogen-bond acceptors (Lipinski definition) is 3. The summed E-state index contributed by atoms with van der Waals surface area (Å²) in [6, 6.07) is 7.39. The molecule has 4 heteroatoms. The molecule has 0 radical (unpaired) electrons. The molecule has 0 bridgehead atoms. The summed E-state index contributed by atoms with van der Waals surface area (Å²) in [4.78, 5) is 15.5. The van der Waals surface area contributed by atoms with E-state index >= 15 is 0 Å². The SMILES string of the molecule is CC1CCCC(Oc2ncc(C(=O)O)c3ccccc23)C1. The fourth-order valence-corrected chi connectivity index (χ4v) is 3.07. The number of nitrogens with zero attached hydrogens (tertiary/aromatic N) is 1. The Balaban J connectivity index is 1.96. The zero-order valence-corrected chi connectivity index (χ0v) is 12.1. The van der Waals surface area contributed by atoms with E-state index in [0.717, 1.165) is 18.2 Å². The quantitative estimate of drug-likeness (QED) is 0.929. The Morgan fingerprint density at radius 3 is 2.76 bits per heavy atom. The van der Waals surface area contributed by atoms with Crippen LogP contribution in [0.25, 0.3) is 10.8 Å². The van der Waals surface area contributed by atoms with Gasteiger partial charge in [-0.1, -0.05) is 31.5 Å². The van der Waals surface area contributed by atoms with Gasteiger partial charge < -0.3 is 9.84 Å². The van der Waals surface area contributed by atoms with E-state index in [9.17, 15) is 9.90 Å². The van der Waals surface area contributed by atoms with Crippen molar-refractivity contribution < 1.29 is 14.6 Å². The van der Waals surface area contributed by atoms with E-state index in [1.807, 2.05) is 18.2 Å². The molecular weight excluding hydrogens is 266 g/mol. The zero-order valence-electron chi connectivity index (χ0n) is 12.1. The Morgan fingerprint density at radius 2 is 2.05 bits per heavy atom. The second kappa shape index (κ2) is 5.72. The molecule has 1 aliphatic carbocycles. The highest BCUT2D eigenvalue weighted by Gasteiger charge is 2.22. The predicted octanol–water partition coefficient (Wildman–Crippen LogP) is 3.89. The predicted molar refractivity (Wildman–Crippen MR) is 80.8 cm³/mol. The lowest BCUT2D eigenvalue weighted by atomic mass is 9.89. The van der Waals surface area contributed by atoms with Gasteiger partial charge in [-0.05, 0) is 31.2 Å². The zero-order chi connectivity index (χ0) is 14.8. The normalized spacial score (nSPS) is 22.1. The third kappa shape index (κ3) is 2.84. The molecule has 1 saturated carbocycles. The molecule has 0 saturated heterocycles. The molecule has 2 aromatic rings. The lowest BCUT2D eigenvalue weighted by molar-refractivity contribution is 0.0698. The van der Waals surface area contributed by atoms with Crippen LogP contribution >= 0.6 is 0 Å². The largest absolute Gasteiger partial charge is 0.478 e. The van der Waals surface area contributed by atoms with Crippen molar-refractivity contribution in [1.82, 2.24) is 4.98 Å². The van der Waals surface area contributed by atoms with E-state index < -0.39 is 5.97 Å². The van der Waals surface area contributed by atoms with Crippen molar-refractivity contribution in [2.75, 3.05) is 0 Å². The van der Waals surface area contributed by atoms with Crippen LogP contribution in [0.5, 0.6) is 5.88 Å². The molecule has 1 heterocycles. The number of fused-ring (bicyclic) bond motifs is 1. The van der Waals surface area contributed by atoms with E-state index in [2.05, 4.69) is 11.9 Å². The van der Waals surface area contributed by atoms with Gasteiger partial charge in [-0.15, -0.1) is 0 Å². The van der Waals surface area contributed by atoms with Gasteiger partial charge >= 0.3 is 5.97 Å². The summed E-state index contributed by atoms with van der Waals surface area (Å²) in [5.74, 6) is 0.263. The van der Waals surface area contributed by atoms with Crippen molar-refractivity contribution in [3.05, 3.63) is 36.0 Å². The van der Waals surface area contributed by atoms with Crippen LogP contribution in [0.3, 0.4) is 0 Å². The molecular formula is C17H19NO3. The fraction of sp³-hybridized carbons (Fsp3) is 0.412. The average molecular weight is 285 g/mol. The molecule has 1 N–H and O–H groups in total. The van der Waals surface area contributed by atoms with Crippen LogP contribution in [0, 0.1) is 5.92 Å². The lowest BCUT2D eigenvalue weighted by Crippen LogP contribution is -2.24. The second-order valence-electron chi connectivity index (χ2n) is 5.84. The number of aromatic carboxylic acids is 1. The van der Waals surface area contributed by atoms with Crippen LogP contribution in [0.1, 0.15) is 43.0 Å². The first kappa shape index (κ1) is 13.9. The van der Waals surface area contributed by atoms with E-state index in [-0.39, 0.29) is 11.7 Å². The first-order valence-electron chi connectivity index (χ1n) is 7.43. The first-order valence-corrected chi connectivity index (χ1v) is 7.43. The highest BCUT2D eigenvalue weighted by atomic mass is 16.5. The van der Waals surface area contributed by atoms with Gasteiger partial charge in [0.1, 0.15) is 6.10 Å². The van der Waals surface area contributed by atoms with Gasteiger partial charge in [-0.25, -0.2) is 9.78 Å². The molecule has 1 aliphatic rings. The summed E-state index contributed by atoms with van der Waals surface area (Å²) in [6.07, 6.45) is 6.09. The highest BCUT2D eigenvalue weighted by molar-refractivity contribution is 6.04. The number of carbonyl (C=O) groups is 1. The van der Waals surface area contributed by atoms with Crippen LogP contribution < -0.4 is 4.74 Å². The summed E-state index contributed by atoms with van der Waals surface area (Å²) in [7, 11) is 0. The van der Waals surface area contributed by atoms with Crippen molar-refractivity contribution in [3.8, 4) is 5.88 Å². The van der Waals surface area contributed by atoms with E-state index in [4.69, 9.17) is 4.74 Å². The second-order valence-corrected chi connectivity index (χ2v) is 5.84. The van der Waals surface area contributed by atoms with Crippen molar-refractivity contribution in [1.29, 1.82) is 0 Å². The number of hydrogen-bond donors (Lipinski definition) is 1. The first-order chi connectivity index (χ1) is 10.1. The summed E-state index contributed by atoms with van der Waals surface area (Å²) in [6.45, 7) is 2.24.